The number of nitrogens with one attached hydrogen (secondary N) is 1. The maximum Gasteiger partial charge on any atom is 0.171 e. The van der Waals surface area contributed by atoms with E-state index in [9.17, 15) is 0 Å². The van der Waals surface area contributed by atoms with E-state index < -0.39 is 0 Å². The summed E-state index contributed by atoms with van der Waals surface area (Å²) in [4.78, 5) is 2.46. The summed E-state index contributed by atoms with van der Waals surface area (Å²) in [7, 11) is 3.36. The van der Waals surface area contributed by atoms with Crippen molar-refractivity contribution in [3.05, 3.63) is 0 Å². The van der Waals surface area contributed by atoms with Crippen molar-refractivity contribution in [2.45, 2.75) is 58.9 Å². The van der Waals surface area contributed by atoms with Crippen molar-refractivity contribution >= 4 is 0 Å². The van der Waals surface area contributed by atoms with Crippen LogP contribution >= 0.6 is 0 Å². The Morgan fingerprint density at radius 2 is 1.61 bits per heavy atom. The lowest BCUT2D eigenvalue weighted by molar-refractivity contribution is -0.120. The molecule has 4 nitrogen and oxygen atoms in total. The van der Waals surface area contributed by atoms with Crippen molar-refractivity contribution < 1.29 is 9.47 Å². The molecule has 0 heterocycles. The summed E-state index contributed by atoms with van der Waals surface area (Å²) in [6.45, 7) is 12.2. The van der Waals surface area contributed by atoms with E-state index >= 15 is 0 Å². The monoisotopic (exact) mass is 260 g/mol. The first-order valence-electron chi connectivity index (χ1n) is 7.12. The van der Waals surface area contributed by atoms with Crippen LogP contribution < -0.4 is 5.32 Å². The average molecular weight is 260 g/mol. The number of hydrogen-bond acceptors (Lipinski definition) is 4. The molecule has 0 aromatic heterocycles. The van der Waals surface area contributed by atoms with Crippen molar-refractivity contribution in [2.24, 2.45) is 0 Å². The van der Waals surface area contributed by atoms with Crippen LogP contribution in [0.3, 0.4) is 0 Å². The predicted octanol–water partition coefficient (Wildman–Crippen LogP) is 2.09. The molecule has 0 spiro atoms. The SMILES string of the molecule is CCN(CC)CCCC(C)NC(C)C(OC)OC. The van der Waals surface area contributed by atoms with Gasteiger partial charge in [0.15, 0.2) is 6.29 Å². The maximum absolute atomic E-state index is 5.25. The number of methoxy groups -OCH3 is 2. The zero-order chi connectivity index (χ0) is 14.0. The first-order chi connectivity index (χ1) is 8.58. The second-order valence-electron chi connectivity index (χ2n) is 4.87. The Bertz CT molecular complexity index is 183. The maximum atomic E-state index is 5.25. The van der Waals surface area contributed by atoms with Gasteiger partial charge in [0.1, 0.15) is 0 Å². The fourth-order valence-electron chi connectivity index (χ4n) is 2.28. The number of ether oxygens (including phenoxy) is 2. The molecule has 0 rings (SSSR count). The highest BCUT2D eigenvalue weighted by Crippen LogP contribution is 2.04. The standard InChI is InChI=1S/C14H32N2O2/c1-7-16(8-2)11-9-10-12(3)15-13(4)14(17-5)18-6/h12-15H,7-11H2,1-6H3. The molecule has 18 heavy (non-hydrogen) atoms. The summed E-state index contributed by atoms with van der Waals surface area (Å²) < 4.78 is 10.5. The van der Waals surface area contributed by atoms with Crippen LogP contribution in [0.25, 0.3) is 0 Å². The van der Waals surface area contributed by atoms with Gasteiger partial charge in [-0.1, -0.05) is 13.8 Å². The summed E-state index contributed by atoms with van der Waals surface area (Å²) in [6, 6.07) is 0.701. The van der Waals surface area contributed by atoms with Crippen LogP contribution in [0.5, 0.6) is 0 Å². The zero-order valence-electron chi connectivity index (χ0n) is 13.0. The van der Waals surface area contributed by atoms with Crippen LogP contribution in [0.1, 0.15) is 40.5 Å². The molecule has 110 valence electrons. The van der Waals surface area contributed by atoms with E-state index in [-0.39, 0.29) is 12.3 Å². The molecule has 0 saturated heterocycles. The topological polar surface area (TPSA) is 33.7 Å². The lowest BCUT2D eigenvalue weighted by Crippen LogP contribution is -2.44. The highest BCUT2D eigenvalue weighted by atomic mass is 16.7. The van der Waals surface area contributed by atoms with Crippen molar-refractivity contribution in [2.75, 3.05) is 33.9 Å². The fraction of sp³-hybridized carbons (Fsp3) is 1.00. The number of hydrogen-bond donors (Lipinski definition) is 1. The molecule has 4 heteroatoms. The molecule has 0 fully saturated rings. The first-order valence-corrected chi connectivity index (χ1v) is 7.12. The molecule has 0 aliphatic carbocycles. The Balaban J connectivity index is 3.79. The van der Waals surface area contributed by atoms with Crippen LogP contribution in [0.4, 0.5) is 0 Å². The third-order valence-electron chi connectivity index (χ3n) is 3.43. The normalized spacial score (nSPS) is 15.3. The van der Waals surface area contributed by atoms with Gasteiger partial charge in [-0.25, -0.2) is 0 Å². The van der Waals surface area contributed by atoms with E-state index in [4.69, 9.17) is 9.47 Å². The fourth-order valence-corrected chi connectivity index (χ4v) is 2.28. The molecule has 0 aliphatic rings. The Labute approximate surface area is 113 Å². The van der Waals surface area contributed by atoms with E-state index in [1.807, 2.05) is 0 Å². The third kappa shape index (κ3) is 7.31. The summed E-state index contributed by atoms with van der Waals surface area (Å²) in [6.07, 6.45) is 2.24. The van der Waals surface area contributed by atoms with Crippen LogP contribution in [0, 0.1) is 0 Å². The predicted molar refractivity (Wildman–Crippen MR) is 76.9 cm³/mol. The van der Waals surface area contributed by atoms with Gasteiger partial charge in [0.05, 0.1) is 6.04 Å². The second-order valence-corrected chi connectivity index (χ2v) is 4.87. The molecule has 0 aliphatic heterocycles. The number of nitrogens with zero attached hydrogens (tertiary/aromatic N) is 1. The van der Waals surface area contributed by atoms with Crippen molar-refractivity contribution in [3.63, 3.8) is 0 Å². The smallest absolute Gasteiger partial charge is 0.171 e. The molecular weight excluding hydrogens is 228 g/mol. The lowest BCUT2D eigenvalue weighted by atomic mass is 10.1. The molecule has 0 radical (unpaired) electrons. The Morgan fingerprint density at radius 1 is 1.06 bits per heavy atom. The van der Waals surface area contributed by atoms with E-state index in [2.05, 4.69) is 37.9 Å². The largest absolute Gasteiger partial charge is 0.354 e. The zero-order valence-corrected chi connectivity index (χ0v) is 13.0. The summed E-state index contributed by atoms with van der Waals surface area (Å²) in [5, 5.41) is 3.52. The molecule has 2 atom stereocenters. The summed E-state index contributed by atoms with van der Waals surface area (Å²) in [5.41, 5.74) is 0. The quantitative estimate of drug-likeness (QED) is 0.577. The molecule has 1 N–H and O–H groups in total. The molecule has 0 bridgehead atoms. The minimum atomic E-state index is -0.171. The van der Waals surface area contributed by atoms with Crippen LogP contribution in [-0.2, 0) is 9.47 Å². The van der Waals surface area contributed by atoms with Crippen molar-refractivity contribution in [1.29, 1.82) is 0 Å². The molecule has 0 aromatic rings. The van der Waals surface area contributed by atoms with Gasteiger partial charge in [-0.2, -0.15) is 0 Å². The van der Waals surface area contributed by atoms with E-state index in [1.54, 1.807) is 14.2 Å². The third-order valence-corrected chi connectivity index (χ3v) is 3.43. The van der Waals surface area contributed by atoms with Gasteiger partial charge < -0.3 is 19.7 Å². The van der Waals surface area contributed by atoms with Gasteiger partial charge in [-0.15, -0.1) is 0 Å². The van der Waals surface area contributed by atoms with Gasteiger partial charge in [0.25, 0.3) is 0 Å². The van der Waals surface area contributed by atoms with Crippen molar-refractivity contribution in [3.8, 4) is 0 Å². The first kappa shape index (κ1) is 17.8. The van der Waals surface area contributed by atoms with Crippen LogP contribution in [0.2, 0.25) is 0 Å². The Morgan fingerprint density at radius 3 is 2.06 bits per heavy atom. The second kappa shape index (κ2) is 10.7. The molecule has 0 aromatic carbocycles. The van der Waals surface area contributed by atoms with Gasteiger partial charge in [-0.3, -0.25) is 0 Å². The molecule has 0 amide bonds. The van der Waals surface area contributed by atoms with Gasteiger partial charge in [-0.05, 0) is 46.3 Å². The molecule has 0 saturated carbocycles. The number of rotatable bonds is 11. The van der Waals surface area contributed by atoms with Crippen molar-refractivity contribution in [1.82, 2.24) is 10.2 Å². The summed E-state index contributed by atoms with van der Waals surface area (Å²) >= 11 is 0. The molecular formula is C14H32N2O2. The summed E-state index contributed by atoms with van der Waals surface area (Å²) in [5.74, 6) is 0. The minimum absolute atomic E-state index is 0.171. The Hall–Kier alpha value is -0.160. The van der Waals surface area contributed by atoms with E-state index in [1.165, 1.54) is 19.4 Å². The molecule has 2 unspecified atom stereocenters. The van der Waals surface area contributed by atoms with E-state index in [0.29, 0.717) is 6.04 Å². The van der Waals surface area contributed by atoms with Crippen LogP contribution in [0.15, 0.2) is 0 Å². The van der Waals surface area contributed by atoms with Gasteiger partial charge >= 0.3 is 0 Å². The Kier molecular flexibility index (Phi) is 10.6. The van der Waals surface area contributed by atoms with Gasteiger partial charge in [0, 0.05) is 20.3 Å². The van der Waals surface area contributed by atoms with E-state index in [0.717, 1.165) is 13.1 Å². The highest BCUT2D eigenvalue weighted by molar-refractivity contribution is 4.71. The minimum Gasteiger partial charge on any atom is -0.354 e. The van der Waals surface area contributed by atoms with Crippen LogP contribution in [-0.4, -0.2) is 57.1 Å². The lowest BCUT2D eigenvalue weighted by Gasteiger charge is -2.26. The van der Waals surface area contributed by atoms with Gasteiger partial charge in [0.2, 0.25) is 0 Å². The highest BCUT2D eigenvalue weighted by Gasteiger charge is 2.17. The average Bonchev–Trinajstić information content (AvgIpc) is 2.36.